The molecule has 2 aliphatic rings. The predicted octanol–water partition coefficient (Wildman–Crippen LogP) is 9.05. The van der Waals surface area contributed by atoms with Gasteiger partial charge in [0.1, 0.15) is 18.2 Å². The molecule has 2 aliphatic heterocycles. The minimum Gasteiger partial charge on any atom is -0.478 e. The Morgan fingerprint density at radius 3 is 1.84 bits per heavy atom. The molecule has 2 heterocycles. The van der Waals surface area contributed by atoms with Crippen molar-refractivity contribution in [1.29, 1.82) is 0 Å². The smallest absolute Gasteiger partial charge is 0.161 e. The van der Waals surface area contributed by atoms with Crippen LogP contribution in [0.4, 0.5) is 5.69 Å². The van der Waals surface area contributed by atoms with Gasteiger partial charge in [-0.1, -0.05) is 84.0 Å². The van der Waals surface area contributed by atoms with Crippen molar-refractivity contribution in [3.05, 3.63) is 123 Å². The molecular formula is C40H48N2O2. The quantitative estimate of drug-likeness (QED) is 0.224. The molecule has 0 aromatic heterocycles. The van der Waals surface area contributed by atoms with Crippen molar-refractivity contribution < 1.29 is 9.47 Å². The van der Waals surface area contributed by atoms with E-state index in [0.29, 0.717) is 13.5 Å². The molecule has 0 aliphatic carbocycles. The number of ether oxygens (including phenoxy) is 2. The third-order valence-electron chi connectivity index (χ3n) is 9.65. The zero-order valence-corrected chi connectivity index (χ0v) is 27.9. The van der Waals surface area contributed by atoms with Crippen LogP contribution < -0.4 is 14.4 Å². The Labute approximate surface area is 264 Å². The summed E-state index contributed by atoms with van der Waals surface area (Å²) in [5.41, 5.74) is 13.1. The molecule has 0 radical (unpaired) electrons. The van der Waals surface area contributed by atoms with Gasteiger partial charge in [-0.15, -0.1) is 0 Å². The van der Waals surface area contributed by atoms with E-state index in [1.165, 1.54) is 55.8 Å². The molecule has 0 spiro atoms. The molecule has 0 unspecified atom stereocenters. The number of hydrogen-bond acceptors (Lipinski definition) is 4. The van der Waals surface area contributed by atoms with Gasteiger partial charge >= 0.3 is 0 Å². The molecule has 4 aromatic carbocycles. The van der Waals surface area contributed by atoms with Crippen molar-refractivity contribution in [2.75, 3.05) is 24.9 Å². The van der Waals surface area contributed by atoms with Crippen LogP contribution in [0.2, 0.25) is 0 Å². The fourth-order valence-electron chi connectivity index (χ4n) is 6.93. The lowest BCUT2D eigenvalue weighted by atomic mass is 9.77. The molecule has 0 saturated heterocycles. The third-order valence-corrected chi connectivity index (χ3v) is 9.65. The zero-order valence-electron chi connectivity index (χ0n) is 27.9. The van der Waals surface area contributed by atoms with E-state index in [0.717, 1.165) is 37.6 Å². The minimum atomic E-state index is -0.151. The van der Waals surface area contributed by atoms with Gasteiger partial charge in [-0.2, -0.15) is 0 Å². The van der Waals surface area contributed by atoms with Crippen molar-refractivity contribution in [2.24, 2.45) is 0 Å². The highest BCUT2D eigenvalue weighted by molar-refractivity contribution is 5.58. The van der Waals surface area contributed by atoms with Crippen molar-refractivity contribution in [3.63, 3.8) is 0 Å². The Hall–Kier alpha value is -3.76. The Morgan fingerprint density at radius 2 is 1.25 bits per heavy atom. The molecule has 230 valence electrons. The summed E-state index contributed by atoms with van der Waals surface area (Å²) in [7, 11) is 0. The van der Waals surface area contributed by atoms with Gasteiger partial charge in [0.25, 0.3) is 0 Å². The van der Waals surface area contributed by atoms with E-state index in [4.69, 9.17) is 9.47 Å². The first-order valence-electron chi connectivity index (χ1n) is 16.1. The van der Waals surface area contributed by atoms with Crippen LogP contribution in [0.3, 0.4) is 0 Å². The second-order valence-electron chi connectivity index (χ2n) is 14.4. The summed E-state index contributed by atoms with van der Waals surface area (Å²) in [4.78, 5) is 4.68. The first-order valence-corrected chi connectivity index (χ1v) is 16.1. The number of aryl methyl sites for hydroxylation is 2. The van der Waals surface area contributed by atoms with Crippen LogP contribution >= 0.6 is 0 Å². The summed E-state index contributed by atoms with van der Waals surface area (Å²) < 4.78 is 12.3. The van der Waals surface area contributed by atoms with Gasteiger partial charge in [-0.3, -0.25) is 4.90 Å². The second kappa shape index (κ2) is 11.6. The van der Waals surface area contributed by atoms with Gasteiger partial charge in [0.05, 0.1) is 0 Å². The van der Waals surface area contributed by atoms with Crippen molar-refractivity contribution in [3.8, 4) is 11.5 Å². The number of hydrogen-bond donors (Lipinski definition) is 0. The summed E-state index contributed by atoms with van der Waals surface area (Å²) in [6, 6.07) is 27.3. The van der Waals surface area contributed by atoms with Gasteiger partial charge in [-0.25, -0.2) is 0 Å². The van der Waals surface area contributed by atoms with Crippen LogP contribution in [-0.4, -0.2) is 24.9 Å². The summed E-state index contributed by atoms with van der Waals surface area (Å²) in [6.45, 7) is 22.1. The summed E-state index contributed by atoms with van der Waals surface area (Å²) in [6.07, 6.45) is 0.940. The van der Waals surface area contributed by atoms with Crippen LogP contribution in [-0.2, 0) is 30.3 Å². The van der Waals surface area contributed by atoms with Gasteiger partial charge in [0.2, 0.25) is 0 Å². The molecule has 4 heteroatoms. The molecule has 44 heavy (non-hydrogen) atoms. The first kappa shape index (κ1) is 30.3. The second-order valence-corrected chi connectivity index (χ2v) is 14.4. The van der Waals surface area contributed by atoms with Crippen molar-refractivity contribution in [2.45, 2.75) is 85.7 Å². The SMILES string of the molecule is CCN1COc2ccc(C(C)(C)c3ccc4c(c3)CN(c3ccc(Cc5ccc(C(C)(C)C)c(C)c5)cc3C)CO4)cc2C1. The predicted molar refractivity (Wildman–Crippen MR) is 182 cm³/mol. The average Bonchev–Trinajstić information content (AvgIpc) is 2.99. The van der Waals surface area contributed by atoms with Gasteiger partial charge < -0.3 is 14.4 Å². The number of anilines is 1. The first-order chi connectivity index (χ1) is 20.9. The average molecular weight is 589 g/mol. The molecule has 4 nitrogen and oxygen atoms in total. The number of fused-ring (bicyclic) bond motifs is 2. The topological polar surface area (TPSA) is 24.9 Å². The van der Waals surface area contributed by atoms with Crippen LogP contribution in [0.5, 0.6) is 11.5 Å². The van der Waals surface area contributed by atoms with E-state index in [1.54, 1.807) is 0 Å². The van der Waals surface area contributed by atoms with E-state index in [2.05, 4.69) is 138 Å². The van der Waals surface area contributed by atoms with Gasteiger partial charge in [0, 0.05) is 35.3 Å². The van der Waals surface area contributed by atoms with Crippen LogP contribution in [0.25, 0.3) is 0 Å². The molecule has 0 bridgehead atoms. The van der Waals surface area contributed by atoms with Crippen LogP contribution in [0.15, 0.2) is 72.8 Å². The van der Waals surface area contributed by atoms with E-state index in [9.17, 15) is 0 Å². The molecule has 0 atom stereocenters. The van der Waals surface area contributed by atoms with Gasteiger partial charge in [-0.05, 0) is 102 Å². The maximum Gasteiger partial charge on any atom is 0.161 e. The number of benzene rings is 4. The molecule has 0 amide bonds. The molecule has 0 saturated carbocycles. The summed E-state index contributed by atoms with van der Waals surface area (Å²) in [5.74, 6) is 2.00. The van der Waals surface area contributed by atoms with Gasteiger partial charge in [0.15, 0.2) is 6.73 Å². The maximum absolute atomic E-state index is 6.30. The summed E-state index contributed by atoms with van der Waals surface area (Å²) in [5, 5.41) is 0. The zero-order chi connectivity index (χ0) is 31.2. The highest BCUT2D eigenvalue weighted by Gasteiger charge is 2.28. The largest absolute Gasteiger partial charge is 0.478 e. The molecule has 0 N–H and O–H groups in total. The Bertz CT molecular complexity index is 1680. The van der Waals surface area contributed by atoms with Crippen LogP contribution in [0, 0.1) is 13.8 Å². The lowest BCUT2D eigenvalue weighted by Crippen LogP contribution is -2.33. The van der Waals surface area contributed by atoms with Crippen molar-refractivity contribution >= 4 is 5.69 Å². The highest BCUT2D eigenvalue weighted by Crippen LogP contribution is 2.39. The lowest BCUT2D eigenvalue weighted by Gasteiger charge is -2.34. The normalized spacial score (nSPS) is 15.3. The monoisotopic (exact) mass is 588 g/mol. The Kier molecular flexibility index (Phi) is 8.00. The molecule has 6 rings (SSSR count). The maximum atomic E-state index is 6.30. The lowest BCUT2D eigenvalue weighted by molar-refractivity contribution is 0.101. The standard InChI is InChI=1S/C40H48N2O2/c1-9-41-23-31-21-33(12-16-37(31)43-25-41)40(7,8)34-13-17-38-32(22-34)24-42(26-44-38)36-15-11-30(19-28(36)3)20-29-10-14-35(27(2)18-29)39(4,5)6/h10-19,21-22H,9,20,23-26H2,1-8H3. The number of rotatable bonds is 6. The van der Waals surface area contributed by atoms with E-state index in [1.807, 2.05) is 0 Å². The Balaban J connectivity index is 1.20. The van der Waals surface area contributed by atoms with E-state index < -0.39 is 0 Å². The molecule has 4 aromatic rings. The molecular weight excluding hydrogens is 540 g/mol. The Morgan fingerprint density at radius 1 is 0.659 bits per heavy atom. The fourth-order valence-corrected chi connectivity index (χ4v) is 6.93. The van der Waals surface area contributed by atoms with E-state index >= 15 is 0 Å². The minimum absolute atomic E-state index is 0.151. The summed E-state index contributed by atoms with van der Waals surface area (Å²) >= 11 is 0. The number of nitrogens with zero attached hydrogens (tertiary/aromatic N) is 2. The highest BCUT2D eigenvalue weighted by atomic mass is 16.5. The van der Waals surface area contributed by atoms with E-state index in [-0.39, 0.29) is 10.8 Å². The van der Waals surface area contributed by atoms with Crippen molar-refractivity contribution in [1.82, 2.24) is 4.90 Å². The van der Waals surface area contributed by atoms with Crippen LogP contribution in [0.1, 0.15) is 91.6 Å². The molecule has 0 fully saturated rings. The fraction of sp³-hybridized carbons (Fsp3) is 0.400. The third kappa shape index (κ3) is 5.97.